The highest BCUT2D eigenvalue weighted by Crippen LogP contribution is 2.14. The molecular formula is C13H16ClNO3. The van der Waals surface area contributed by atoms with Crippen molar-refractivity contribution >= 4 is 23.5 Å². The summed E-state index contributed by atoms with van der Waals surface area (Å²) in [5.74, 6) is -0.834. The Morgan fingerprint density at radius 1 is 1.39 bits per heavy atom. The van der Waals surface area contributed by atoms with Crippen molar-refractivity contribution in [1.82, 2.24) is 5.32 Å². The lowest BCUT2D eigenvalue weighted by atomic mass is 10.2. The summed E-state index contributed by atoms with van der Waals surface area (Å²) in [5.41, 5.74) is 0.342. The first-order chi connectivity index (χ1) is 8.56. The summed E-state index contributed by atoms with van der Waals surface area (Å²) in [7, 11) is 0. The molecular weight excluding hydrogens is 254 g/mol. The molecule has 0 bridgehead atoms. The van der Waals surface area contributed by atoms with Gasteiger partial charge in [-0.15, -0.1) is 0 Å². The Morgan fingerprint density at radius 3 is 2.67 bits per heavy atom. The summed E-state index contributed by atoms with van der Waals surface area (Å²) in [5, 5.41) is 2.90. The Morgan fingerprint density at radius 2 is 2.06 bits per heavy atom. The van der Waals surface area contributed by atoms with Crippen molar-refractivity contribution in [3.63, 3.8) is 0 Å². The Bertz CT molecular complexity index is 434. The fourth-order valence-corrected chi connectivity index (χ4v) is 1.53. The number of hydrogen-bond donors (Lipinski definition) is 1. The van der Waals surface area contributed by atoms with Crippen LogP contribution in [-0.4, -0.2) is 24.5 Å². The minimum atomic E-state index is -0.694. The minimum Gasteiger partial charge on any atom is -0.464 e. The van der Waals surface area contributed by atoms with Crippen molar-refractivity contribution in [3.8, 4) is 0 Å². The van der Waals surface area contributed by atoms with E-state index in [1.54, 1.807) is 31.2 Å². The molecule has 0 radical (unpaired) electrons. The van der Waals surface area contributed by atoms with Gasteiger partial charge in [0.25, 0.3) is 5.91 Å². The molecule has 0 saturated heterocycles. The lowest BCUT2D eigenvalue weighted by molar-refractivity contribution is -0.145. The zero-order valence-electron chi connectivity index (χ0n) is 10.4. The standard InChI is InChI=1S/C13H16ClNO3/c1-3-8-18-13(17)9(2)15-12(16)10-6-4-5-7-11(10)14/h4-7,9H,3,8H2,1-2H3,(H,15,16)/t9-/m0/s1. The van der Waals surface area contributed by atoms with Gasteiger partial charge in [0, 0.05) is 0 Å². The van der Waals surface area contributed by atoms with Gasteiger partial charge in [0.1, 0.15) is 6.04 Å². The van der Waals surface area contributed by atoms with E-state index >= 15 is 0 Å². The number of nitrogens with one attached hydrogen (secondary N) is 1. The maximum absolute atomic E-state index is 11.9. The summed E-state index contributed by atoms with van der Waals surface area (Å²) in [4.78, 5) is 23.3. The molecule has 0 fully saturated rings. The molecule has 1 atom stereocenters. The third-order valence-corrected chi connectivity index (χ3v) is 2.60. The van der Waals surface area contributed by atoms with Gasteiger partial charge in [-0.2, -0.15) is 0 Å². The molecule has 1 N–H and O–H groups in total. The van der Waals surface area contributed by atoms with Gasteiger partial charge in [-0.25, -0.2) is 4.79 Å². The molecule has 1 aromatic rings. The predicted octanol–water partition coefficient (Wildman–Crippen LogP) is 2.41. The molecule has 18 heavy (non-hydrogen) atoms. The Hall–Kier alpha value is -1.55. The average Bonchev–Trinajstić information content (AvgIpc) is 2.36. The highest BCUT2D eigenvalue weighted by Gasteiger charge is 2.18. The van der Waals surface area contributed by atoms with Crippen LogP contribution in [0.15, 0.2) is 24.3 Å². The molecule has 1 aromatic carbocycles. The summed E-state index contributed by atoms with van der Waals surface area (Å²) in [6.07, 6.45) is 0.747. The third-order valence-electron chi connectivity index (χ3n) is 2.27. The zero-order chi connectivity index (χ0) is 13.5. The summed E-state index contributed by atoms with van der Waals surface area (Å²) in [6.45, 7) is 3.83. The van der Waals surface area contributed by atoms with Crippen LogP contribution in [0.25, 0.3) is 0 Å². The van der Waals surface area contributed by atoms with Gasteiger partial charge < -0.3 is 10.1 Å². The molecule has 5 heteroatoms. The SMILES string of the molecule is CCCOC(=O)[C@H](C)NC(=O)c1ccccc1Cl. The second-order valence-electron chi connectivity index (χ2n) is 3.84. The summed E-state index contributed by atoms with van der Waals surface area (Å²) >= 11 is 5.89. The van der Waals surface area contributed by atoms with E-state index in [2.05, 4.69) is 5.32 Å². The van der Waals surface area contributed by atoms with Crippen LogP contribution in [0.2, 0.25) is 5.02 Å². The van der Waals surface area contributed by atoms with E-state index in [9.17, 15) is 9.59 Å². The van der Waals surface area contributed by atoms with Crippen LogP contribution in [0.5, 0.6) is 0 Å². The third kappa shape index (κ3) is 4.04. The number of amides is 1. The minimum absolute atomic E-state index is 0.342. The monoisotopic (exact) mass is 269 g/mol. The van der Waals surface area contributed by atoms with E-state index in [0.717, 1.165) is 6.42 Å². The second kappa shape index (κ2) is 7.01. The molecule has 4 nitrogen and oxygen atoms in total. The zero-order valence-corrected chi connectivity index (χ0v) is 11.2. The van der Waals surface area contributed by atoms with E-state index in [4.69, 9.17) is 16.3 Å². The van der Waals surface area contributed by atoms with E-state index in [1.807, 2.05) is 6.92 Å². The van der Waals surface area contributed by atoms with Crippen LogP contribution in [-0.2, 0) is 9.53 Å². The number of carbonyl (C=O) groups excluding carboxylic acids is 2. The van der Waals surface area contributed by atoms with Gasteiger partial charge in [-0.05, 0) is 25.5 Å². The second-order valence-corrected chi connectivity index (χ2v) is 4.25. The normalized spacial score (nSPS) is 11.7. The van der Waals surface area contributed by atoms with Crippen molar-refractivity contribution in [2.45, 2.75) is 26.3 Å². The quantitative estimate of drug-likeness (QED) is 0.835. The molecule has 1 rings (SSSR count). The van der Waals surface area contributed by atoms with Crippen molar-refractivity contribution in [2.24, 2.45) is 0 Å². The number of halogens is 1. The molecule has 0 unspecified atom stereocenters. The molecule has 0 aliphatic rings. The summed E-state index contributed by atoms with van der Waals surface area (Å²) < 4.78 is 4.93. The Kier molecular flexibility index (Phi) is 5.65. The highest BCUT2D eigenvalue weighted by molar-refractivity contribution is 6.33. The van der Waals surface area contributed by atoms with Crippen molar-refractivity contribution in [1.29, 1.82) is 0 Å². The lowest BCUT2D eigenvalue weighted by Crippen LogP contribution is -2.39. The van der Waals surface area contributed by atoms with Gasteiger partial charge in [0.05, 0.1) is 17.2 Å². The predicted molar refractivity (Wildman–Crippen MR) is 69.6 cm³/mol. The van der Waals surface area contributed by atoms with Crippen molar-refractivity contribution in [2.75, 3.05) is 6.61 Å². The van der Waals surface area contributed by atoms with Crippen LogP contribution in [0, 0.1) is 0 Å². The van der Waals surface area contributed by atoms with Gasteiger partial charge in [0.15, 0.2) is 0 Å². The van der Waals surface area contributed by atoms with Crippen LogP contribution in [0.3, 0.4) is 0 Å². The maximum atomic E-state index is 11.9. The molecule has 0 aliphatic carbocycles. The highest BCUT2D eigenvalue weighted by atomic mass is 35.5. The first-order valence-electron chi connectivity index (χ1n) is 5.78. The Balaban J connectivity index is 2.60. The number of ether oxygens (including phenoxy) is 1. The first kappa shape index (κ1) is 14.5. The Labute approximate surface area is 111 Å². The molecule has 0 aliphatic heterocycles. The molecule has 0 aromatic heterocycles. The van der Waals surface area contributed by atoms with Crippen molar-refractivity contribution in [3.05, 3.63) is 34.9 Å². The molecule has 98 valence electrons. The maximum Gasteiger partial charge on any atom is 0.328 e. The smallest absolute Gasteiger partial charge is 0.328 e. The largest absolute Gasteiger partial charge is 0.464 e. The number of benzene rings is 1. The molecule has 0 heterocycles. The molecule has 1 amide bonds. The van der Waals surface area contributed by atoms with Crippen LogP contribution in [0.1, 0.15) is 30.6 Å². The first-order valence-corrected chi connectivity index (χ1v) is 6.16. The van der Waals surface area contributed by atoms with Gasteiger partial charge >= 0.3 is 5.97 Å². The number of esters is 1. The van der Waals surface area contributed by atoms with Gasteiger partial charge in [-0.3, -0.25) is 4.79 Å². The van der Waals surface area contributed by atoms with Crippen molar-refractivity contribution < 1.29 is 14.3 Å². The molecule has 0 saturated carbocycles. The average molecular weight is 270 g/mol. The number of carbonyl (C=O) groups is 2. The summed E-state index contributed by atoms with van der Waals surface area (Å²) in [6, 6.07) is 5.97. The molecule has 0 spiro atoms. The van der Waals surface area contributed by atoms with Crippen LogP contribution >= 0.6 is 11.6 Å². The fraction of sp³-hybridized carbons (Fsp3) is 0.385. The van der Waals surface area contributed by atoms with E-state index in [0.29, 0.717) is 17.2 Å². The van der Waals surface area contributed by atoms with Gasteiger partial charge in [-0.1, -0.05) is 30.7 Å². The fourth-order valence-electron chi connectivity index (χ4n) is 1.31. The number of hydrogen-bond acceptors (Lipinski definition) is 3. The number of rotatable bonds is 5. The van der Waals surface area contributed by atoms with Gasteiger partial charge in [0.2, 0.25) is 0 Å². The van der Waals surface area contributed by atoms with E-state index < -0.39 is 12.0 Å². The van der Waals surface area contributed by atoms with E-state index in [1.165, 1.54) is 0 Å². The van der Waals surface area contributed by atoms with Crippen LogP contribution < -0.4 is 5.32 Å². The van der Waals surface area contributed by atoms with Crippen LogP contribution in [0.4, 0.5) is 0 Å². The lowest BCUT2D eigenvalue weighted by Gasteiger charge is -2.13. The van der Waals surface area contributed by atoms with E-state index in [-0.39, 0.29) is 5.91 Å². The topological polar surface area (TPSA) is 55.4 Å².